The number of nitrogens with one attached hydrogen (secondary N) is 4. The standard InChI is InChI=1S/C19H33N5.2ClH.Mn/c1-2-4-16(5-3-1)17-12-18-14-22-10-8-20-6-7-21-9-11-23-15-19(13-17)24-18;;;/h12-13,16,20-23H,1-11,14-15H2;2*1H;/q;;;+2/p-2. The first kappa shape index (κ1) is 23.4. The number of fused-ring (bicyclic) bond motifs is 2. The van der Waals surface area contributed by atoms with Gasteiger partial charge in [-0.25, -0.2) is 0 Å². The topological polar surface area (TPSA) is 61.0 Å². The molecule has 2 aliphatic rings. The normalized spacial score (nSPS) is 20.7. The van der Waals surface area contributed by atoms with Gasteiger partial charge < -0.3 is 21.3 Å². The van der Waals surface area contributed by atoms with Gasteiger partial charge in [0.2, 0.25) is 0 Å². The maximum absolute atomic E-state index is 4.87. The molecule has 8 heteroatoms. The molecule has 0 unspecified atom stereocenters. The number of hydrogen-bond donors (Lipinski definition) is 4. The largest absolute Gasteiger partial charge is 0.314 e. The van der Waals surface area contributed by atoms with E-state index in [0.717, 1.165) is 58.3 Å². The van der Waals surface area contributed by atoms with Crippen molar-refractivity contribution in [1.29, 1.82) is 0 Å². The minimum Gasteiger partial charge on any atom is -0.314 e. The van der Waals surface area contributed by atoms with E-state index in [1.54, 1.807) is 0 Å². The summed E-state index contributed by atoms with van der Waals surface area (Å²) in [5.74, 6) is 0.740. The number of halogens is 2. The zero-order chi connectivity index (χ0) is 19.2. The third-order valence-electron chi connectivity index (χ3n) is 5.08. The fourth-order valence-electron chi connectivity index (χ4n) is 3.74. The minimum absolute atomic E-state index is 0.00694. The Morgan fingerprint density at radius 1 is 0.741 bits per heavy atom. The average molecular weight is 457 g/mol. The van der Waals surface area contributed by atoms with Crippen molar-refractivity contribution < 1.29 is 13.1 Å². The summed E-state index contributed by atoms with van der Waals surface area (Å²) in [6.45, 7) is 7.79. The number of nitrogens with zero attached hydrogens (tertiary/aromatic N) is 1. The van der Waals surface area contributed by atoms with Gasteiger partial charge in [0.05, 0.1) is 11.4 Å². The summed E-state index contributed by atoms with van der Waals surface area (Å²) in [5, 5.41) is 14.0. The molecule has 0 aromatic carbocycles. The molecule has 27 heavy (non-hydrogen) atoms. The number of rotatable bonds is 1. The second kappa shape index (κ2) is 15.0. The molecule has 1 fully saturated rings. The van der Waals surface area contributed by atoms with E-state index >= 15 is 0 Å². The molecule has 0 spiro atoms. The Labute approximate surface area is 178 Å². The molecule has 155 valence electrons. The minimum atomic E-state index is 0.00694. The smallest absolute Gasteiger partial charge is 0.0548 e. The van der Waals surface area contributed by atoms with Crippen LogP contribution in [0.25, 0.3) is 0 Å². The number of aromatic nitrogens is 1. The molecule has 0 saturated heterocycles. The Balaban J connectivity index is 0.000000817. The van der Waals surface area contributed by atoms with Gasteiger partial charge in [-0.1, -0.05) is 19.3 Å². The van der Waals surface area contributed by atoms with Crippen LogP contribution < -0.4 is 21.3 Å². The van der Waals surface area contributed by atoms with Gasteiger partial charge in [0.15, 0.2) is 0 Å². The van der Waals surface area contributed by atoms with Crippen LogP contribution in [0.5, 0.6) is 0 Å². The zero-order valence-corrected chi connectivity index (χ0v) is 18.7. The van der Waals surface area contributed by atoms with E-state index in [-0.39, 0.29) is 13.1 Å². The van der Waals surface area contributed by atoms with Gasteiger partial charge in [0.25, 0.3) is 0 Å². The van der Waals surface area contributed by atoms with Crippen LogP contribution >= 0.6 is 20.2 Å². The third-order valence-corrected chi connectivity index (χ3v) is 5.08. The van der Waals surface area contributed by atoms with Crippen LogP contribution in [-0.2, 0) is 26.2 Å². The molecule has 2 heterocycles. The summed E-state index contributed by atoms with van der Waals surface area (Å²) in [7, 11) is 9.59. The summed E-state index contributed by atoms with van der Waals surface area (Å²) in [4.78, 5) is 4.87. The average Bonchev–Trinajstić information content (AvgIpc) is 2.70. The van der Waals surface area contributed by atoms with Crippen molar-refractivity contribution >= 4 is 20.2 Å². The Bertz CT molecular complexity index is 483. The maximum atomic E-state index is 4.87. The first-order valence-corrected chi connectivity index (χ1v) is 13.3. The SMILES string of the molecule is [Cl][Mn][Cl].c1c(C2CCCCC2)cc2nc1CNCCNCCNCCNC2. The van der Waals surface area contributed by atoms with Gasteiger partial charge in [-0.3, -0.25) is 4.98 Å². The molecule has 1 aliphatic carbocycles. The van der Waals surface area contributed by atoms with Crippen LogP contribution in [0.1, 0.15) is 55.0 Å². The third kappa shape index (κ3) is 9.91. The van der Waals surface area contributed by atoms with Gasteiger partial charge in [-0.2, -0.15) is 0 Å². The first-order valence-electron chi connectivity index (χ1n) is 10.0. The molecule has 0 radical (unpaired) electrons. The fourth-order valence-corrected chi connectivity index (χ4v) is 3.74. The van der Waals surface area contributed by atoms with Crippen LogP contribution in [0, 0.1) is 0 Å². The van der Waals surface area contributed by atoms with Gasteiger partial charge in [-0.15, -0.1) is 0 Å². The summed E-state index contributed by atoms with van der Waals surface area (Å²) in [6.07, 6.45) is 6.86. The zero-order valence-electron chi connectivity index (χ0n) is 16.0. The fraction of sp³-hybridized carbons (Fsp3) is 0.737. The number of hydrogen-bond acceptors (Lipinski definition) is 5. The molecule has 5 nitrogen and oxygen atoms in total. The Kier molecular flexibility index (Phi) is 13.0. The van der Waals surface area contributed by atoms with E-state index < -0.39 is 0 Å². The van der Waals surface area contributed by atoms with Crippen molar-refractivity contribution in [3.63, 3.8) is 0 Å². The first-order chi connectivity index (χ1) is 13.3. The quantitative estimate of drug-likeness (QED) is 0.489. The van der Waals surface area contributed by atoms with Gasteiger partial charge >= 0.3 is 33.3 Å². The Morgan fingerprint density at radius 3 is 1.67 bits per heavy atom. The summed E-state index contributed by atoms with van der Waals surface area (Å²) < 4.78 is 0. The van der Waals surface area contributed by atoms with Crippen molar-refractivity contribution in [3.8, 4) is 0 Å². The van der Waals surface area contributed by atoms with Crippen molar-refractivity contribution in [1.82, 2.24) is 26.3 Å². The van der Waals surface area contributed by atoms with Crippen molar-refractivity contribution in [2.75, 3.05) is 39.3 Å². The molecular weight excluding hydrogens is 424 g/mol. The monoisotopic (exact) mass is 456 g/mol. The Hall–Kier alpha value is 0.0895. The molecule has 0 atom stereocenters. The number of pyridine rings is 1. The molecule has 1 aliphatic heterocycles. The summed E-state index contributed by atoms with van der Waals surface area (Å²) >= 11 is 0.00694. The predicted octanol–water partition coefficient (Wildman–Crippen LogP) is 2.88. The predicted molar refractivity (Wildman–Crippen MR) is 111 cm³/mol. The molecule has 4 N–H and O–H groups in total. The van der Waals surface area contributed by atoms with E-state index in [4.69, 9.17) is 25.2 Å². The molecule has 1 aromatic rings. The van der Waals surface area contributed by atoms with Gasteiger partial charge in [0, 0.05) is 52.4 Å². The van der Waals surface area contributed by atoms with Crippen LogP contribution in [0.4, 0.5) is 0 Å². The van der Waals surface area contributed by atoms with E-state index in [1.165, 1.54) is 49.1 Å². The molecule has 0 amide bonds. The summed E-state index contributed by atoms with van der Waals surface area (Å²) in [5.41, 5.74) is 3.91. The van der Waals surface area contributed by atoms with Crippen molar-refractivity contribution in [3.05, 3.63) is 29.1 Å². The van der Waals surface area contributed by atoms with Crippen LogP contribution in [0.2, 0.25) is 0 Å². The maximum Gasteiger partial charge on any atom is 0.0548 e. The van der Waals surface area contributed by atoms with Crippen molar-refractivity contribution in [2.24, 2.45) is 0 Å². The second-order valence-corrected chi connectivity index (χ2v) is 9.08. The van der Waals surface area contributed by atoms with Gasteiger partial charge in [-0.05, 0) is 36.5 Å². The van der Waals surface area contributed by atoms with Crippen LogP contribution in [-0.4, -0.2) is 44.3 Å². The molecule has 1 aromatic heterocycles. The Morgan fingerprint density at radius 2 is 1.19 bits per heavy atom. The van der Waals surface area contributed by atoms with E-state index in [0.29, 0.717) is 0 Å². The van der Waals surface area contributed by atoms with Crippen LogP contribution in [0.3, 0.4) is 0 Å². The van der Waals surface area contributed by atoms with E-state index in [1.807, 2.05) is 0 Å². The second-order valence-electron chi connectivity index (χ2n) is 7.13. The van der Waals surface area contributed by atoms with E-state index in [9.17, 15) is 0 Å². The molecular formula is C19H33Cl2MnN5. The van der Waals surface area contributed by atoms with Gasteiger partial charge in [0.1, 0.15) is 0 Å². The van der Waals surface area contributed by atoms with Crippen molar-refractivity contribution in [2.45, 2.75) is 51.1 Å². The van der Waals surface area contributed by atoms with E-state index in [2.05, 4.69) is 33.4 Å². The molecule has 2 bridgehead atoms. The summed E-state index contributed by atoms with van der Waals surface area (Å²) in [6, 6.07) is 4.69. The molecule has 3 rings (SSSR count). The van der Waals surface area contributed by atoms with Crippen LogP contribution in [0.15, 0.2) is 12.1 Å². The molecule has 1 saturated carbocycles.